The second-order valence-electron chi connectivity index (χ2n) is 5.74. The number of alkyl halides is 2. The van der Waals surface area contributed by atoms with Crippen LogP contribution in [0.25, 0.3) is 10.8 Å². The highest BCUT2D eigenvalue weighted by atomic mass is 19.3. The van der Waals surface area contributed by atoms with E-state index in [9.17, 15) is 13.2 Å². The highest BCUT2D eigenvalue weighted by molar-refractivity contribution is 5.85. The topological polar surface area (TPSA) is 27.7 Å². The lowest BCUT2D eigenvalue weighted by Crippen LogP contribution is -2.22. The summed E-state index contributed by atoms with van der Waals surface area (Å²) in [6.07, 6.45) is -2.11. The predicted molar refractivity (Wildman–Crippen MR) is 97.1 cm³/mol. The van der Waals surface area contributed by atoms with Crippen LogP contribution in [0.5, 0.6) is 17.2 Å². The van der Waals surface area contributed by atoms with Gasteiger partial charge in [-0.05, 0) is 59.3 Å². The van der Waals surface area contributed by atoms with E-state index in [1.807, 2.05) is 0 Å². The van der Waals surface area contributed by atoms with Crippen LogP contribution in [0.1, 0.15) is 5.56 Å². The Labute approximate surface area is 154 Å². The second kappa shape index (κ2) is 7.61. The van der Waals surface area contributed by atoms with Crippen molar-refractivity contribution in [3.05, 3.63) is 78.6 Å². The fraction of sp³-hybridized carbons (Fsp3) is 0.143. The normalized spacial score (nSPS) is 11.3. The van der Waals surface area contributed by atoms with E-state index in [0.717, 1.165) is 6.07 Å². The van der Waals surface area contributed by atoms with E-state index < -0.39 is 23.2 Å². The molecule has 3 aromatic carbocycles. The summed E-state index contributed by atoms with van der Waals surface area (Å²) in [6.45, 7) is 3.86. The van der Waals surface area contributed by atoms with Crippen molar-refractivity contribution >= 4 is 10.8 Å². The highest BCUT2D eigenvalue weighted by Crippen LogP contribution is 2.36. The van der Waals surface area contributed by atoms with Gasteiger partial charge < -0.3 is 14.2 Å². The Bertz CT molecular complexity index is 953. The van der Waals surface area contributed by atoms with Crippen LogP contribution >= 0.6 is 0 Å². The van der Waals surface area contributed by atoms with Gasteiger partial charge in [-0.3, -0.25) is 0 Å². The van der Waals surface area contributed by atoms with Crippen molar-refractivity contribution in [3.63, 3.8) is 0 Å². The Morgan fingerprint density at radius 3 is 2.33 bits per heavy atom. The van der Waals surface area contributed by atoms with E-state index in [0.29, 0.717) is 28.9 Å². The third kappa shape index (κ3) is 4.16. The van der Waals surface area contributed by atoms with Crippen molar-refractivity contribution in [3.8, 4) is 17.2 Å². The maximum Gasteiger partial charge on any atom is 0.426 e. The molecule has 0 saturated heterocycles. The zero-order valence-electron chi connectivity index (χ0n) is 14.5. The van der Waals surface area contributed by atoms with Crippen LogP contribution in [0.4, 0.5) is 13.2 Å². The van der Waals surface area contributed by atoms with Gasteiger partial charge in [-0.25, -0.2) is 4.39 Å². The molecule has 0 amide bonds. The van der Waals surface area contributed by atoms with Crippen molar-refractivity contribution in [1.82, 2.24) is 0 Å². The molecule has 0 spiro atoms. The molecular weight excluding hydrogens is 357 g/mol. The Morgan fingerprint density at radius 2 is 1.67 bits per heavy atom. The van der Waals surface area contributed by atoms with Gasteiger partial charge in [-0.1, -0.05) is 18.7 Å². The molecule has 0 aliphatic heterocycles. The van der Waals surface area contributed by atoms with Gasteiger partial charge in [0.2, 0.25) is 0 Å². The molecule has 0 radical (unpaired) electrons. The van der Waals surface area contributed by atoms with Crippen LogP contribution in [0, 0.1) is 5.82 Å². The number of hydrogen-bond acceptors (Lipinski definition) is 3. The first-order valence-electron chi connectivity index (χ1n) is 8.11. The SMILES string of the molecule is C=CCOc1ccc2cc(OC(F)(F)c3ccc(OC)cc3)c(F)cc2c1. The van der Waals surface area contributed by atoms with Crippen LogP contribution in [-0.2, 0) is 6.11 Å². The van der Waals surface area contributed by atoms with Crippen LogP contribution < -0.4 is 14.2 Å². The predicted octanol–water partition coefficient (Wildman–Crippen LogP) is 5.68. The molecule has 0 atom stereocenters. The summed E-state index contributed by atoms with van der Waals surface area (Å²) in [5.74, 6) is -0.473. The average molecular weight is 374 g/mol. The van der Waals surface area contributed by atoms with Crippen molar-refractivity contribution in [1.29, 1.82) is 0 Å². The van der Waals surface area contributed by atoms with Gasteiger partial charge in [0.05, 0.1) is 12.7 Å². The molecule has 0 heterocycles. The number of methoxy groups -OCH3 is 1. The number of rotatable bonds is 7. The molecule has 0 aromatic heterocycles. The smallest absolute Gasteiger partial charge is 0.426 e. The molecule has 3 rings (SSSR count). The Morgan fingerprint density at radius 1 is 0.963 bits per heavy atom. The van der Waals surface area contributed by atoms with Gasteiger partial charge >= 0.3 is 6.11 Å². The van der Waals surface area contributed by atoms with E-state index in [1.165, 1.54) is 37.4 Å². The van der Waals surface area contributed by atoms with Gasteiger partial charge in [-0.15, -0.1) is 0 Å². The molecule has 0 aliphatic carbocycles. The maximum absolute atomic E-state index is 14.4. The van der Waals surface area contributed by atoms with Crippen LogP contribution in [-0.4, -0.2) is 13.7 Å². The van der Waals surface area contributed by atoms with Gasteiger partial charge in [0.25, 0.3) is 0 Å². The largest absolute Gasteiger partial charge is 0.497 e. The fourth-order valence-corrected chi connectivity index (χ4v) is 2.53. The van der Waals surface area contributed by atoms with Crippen molar-refractivity contribution in [2.45, 2.75) is 6.11 Å². The summed E-state index contributed by atoms with van der Waals surface area (Å²) in [6, 6.07) is 12.4. The van der Waals surface area contributed by atoms with Crippen LogP contribution in [0.15, 0.2) is 67.3 Å². The molecule has 0 bridgehead atoms. The van der Waals surface area contributed by atoms with Gasteiger partial charge in [0, 0.05) is 0 Å². The zero-order valence-corrected chi connectivity index (χ0v) is 14.5. The van der Waals surface area contributed by atoms with E-state index >= 15 is 0 Å². The molecule has 3 aromatic rings. The molecule has 0 saturated carbocycles. The first-order chi connectivity index (χ1) is 12.9. The summed E-state index contributed by atoms with van der Waals surface area (Å²) in [4.78, 5) is 0. The minimum Gasteiger partial charge on any atom is -0.497 e. The Hall–Kier alpha value is -3.15. The number of ether oxygens (including phenoxy) is 3. The van der Waals surface area contributed by atoms with Gasteiger partial charge in [-0.2, -0.15) is 8.78 Å². The summed E-state index contributed by atoms with van der Waals surface area (Å²) in [5.41, 5.74) is -0.407. The van der Waals surface area contributed by atoms with Gasteiger partial charge in [0.15, 0.2) is 11.6 Å². The number of benzene rings is 3. The van der Waals surface area contributed by atoms with E-state index in [1.54, 1.807) is 24.3 Å². The third-order valence-electron chi connectivity index (χ3n) is 3.89. The molecule has 6 heteroatoms. The number of halogens is 3. The van der Waals surface area contributed by atoms with E-state index in [-0.39, 0.29) is 0 Å². The third-order valence-corrected chi connectivity index (χ3v) is 3.89. The first-order valence-corrected chi connectivity index (χ1v) is 8.11. The Kier molecular flexibility index (Phi) is 5.26. The molecule has 0 fully saturated rings. The lowest BCUT2D eigenvalue weighted by molar-refractivity contribution is -0.186. The second-order valence-corrected chi connectivity index (χ2v) is 5.74. The highest BCUT2D eigenvalue weighted by Gasteiger charge is 2.35. The molecule has 0 N–H and O–H groups in total. The summed E-state index contributed by atoms with van der Waals surface area (Å²) in [5, 5.41) is 1.05. The molecule has 27 heavy (non-hydrogen) atoms. The minimum atomic E-state index is -3.70. The lowest BCUT2D eigenvalue weighted by atomic mass is 10.1. The van der Waals surface area contributed by atoms with Crippen molar-refractivity contribution in [2.75, 3.05) is 13.7 Å². The summed E-state index contributed by atoms with van der Waals surface area (Å²) in [7, 11) is 1.43. The number of hydrogen-bond donors (Lipinski definition) is 0. The molecule has 140 valence electrons. The molecular formula is C21H17F3O3. The zero-order chi connectivity index (χ0) is 19.4. The first kappa shape index (κ1) is 18.6. The van der Waals surface area contributed by atoms with Gasteiger partial charge in [0.1, 0.15) is 18.1 Å². The van der Waals surface area contributed by atoms with E-state index in [4.69, 9.17) is 14.2 Å². The molecule has 3 nitrogen and oxygen atoms in total. The maximum atomic E-state index is 14.4. The standard InChI is InChI=1S/C21H17F3O3/c1-3-10-26-18-7-4-14-13-20(19(22)12-15(14)11-18)27-21(23,24)16-5-8-17(25-2)9-6-16/h3-9,11-13H,1,10H2,2H3. The lowest BCUT2D eigenvalue weighted by Gasteiger charge is -2.19. The monoisotopic (exact) mass is 374 g/mol. The number of fused-ring (bicyclic) bond motifs is 1. The molecule has 0 aliphatic rings. The van der Waals surface area contributed by atoms with Crippen molar-refractivity contribution in [2.24, 2.45) is 0 Å². The quantitative estimate of drug-likeness (QED) is 0.498. The summed E-state index contributed by atoms with van der Waals surface area (Å²) < 4.78 is 58.2. The minimum absolute atomic E-state index is 0.309. The Balaban J connectivity index is 1.88. The summed E-state index contributed by atoms with van der Waals surface area (Å²) >= 11 is 0. The molecule has 0 unspecified atom stereocenters. The van der Waals surface area contributed by atoms with E-state index in [2.05, 4.69) is 6.58 Å². The fourth-order valence-electron chi connectivity index (χ4n) is 2.53. The van der Waals surface area contributed by atoms with Crippen LogP contribution in [0.2, 0.25) is 0 Å². The van der Waals surface area contributed by atoms with Crippen LogP contribution in [0.3, 0.4) is 0 Å². The van der Waals surface area contributed by atoms with Crippen molar-refractivity contribution < 1.29 is 27.4 Å². The average Bonchev–Trinajstić information content (AvgIpc) is 2.66.